The second kappa shape index (κ2) is 34.1. The maximum absolute atomic E-state index is 13.4. The Morgan fingerprint density at radius 2 is 0.814 bits per heavy atom. The van der Waals surface area contributed by atoms with Crippen molar-refractivity contribution in [3.8, 4) is 0 Å². The predicted octanol–water partition coefficient (Wildman–Crippen LogP) is 11.0. The molecule has 1 N–H and O–H groups in total. The number of carbonyl (C=O) groups is 6. The Bertz CT molecular complexity index is 1470. The summed E-state index contributed by atoms with van der Waals surface area (Å²) in [4.78, 5) is 79.6. The van der Waals surface area contributed by atoms with Gasteiger partial charge in [0.15, 0.2) is 18.5 Å². The molecule has 2 unspecified atom stereocenters. The molecule has 0 saturated heterocycles. The molecule has 15 heteroatoms. The molecule has 4 saturated carbocycles. The van der Waals surface area contributed by atoms with Gasteiger partial charge in [-0.15, -0.1) is 0 Å². The summed E-state index contributed by atoms with van der Waals surface area (Å²) in [5, 5.41) is 10.7. The summed E-state index contributed by atoms with van der Waals surface area (Å²) in [5.74, 6) is -0.182. The summed E-state index contributed by atoms with van der Waals surface area (Å²) in [6.45, 7) is 4.68. The molecule has 4 rings (SSSR count). The van der Waals surface area contributed by atoms with Crippen molar-refractivity contribution in [1.82, 2.24) is 4.90 Å². The minimum Gasteiger partial charge on any atom is -0.462 e. The first-order chi connectivity index (χ1) is 33.7. The Hall–Kier alpha value is -3.46. The van der Waals surface area contributed by atoms with Crippen molar-refractivity contribution in [3.63, 3.8) is 0 Å². The smallest absolute Gasteiger partial charge is 0.410 e. The molecular formula is C55H93NO14. The average molecular weight is 992 g/mol. The van der Waals surface area contributed by atoms with E-state index in [1.807, 2.05) is 0 Å². The monoisotopic (exact) mass is 992 g/mol. The molecule has 0 aliphatic heterocycles. The third-order valence-corrected chi connectivity index (χ3v) is 14.6. The molecule has 70 heavy (non-hydrogen) atoms. The molecule has 0 heterocycles. The molecule has 15 nitrogen and oxygen atoms in total. The van der Waals surface area contributed by atoms with Crippen molar-refractivity contribution in [1.29, 1.82) is 0 Å². The van der Waals surface area contributed by atoms with Crippen molar-refractivity contribution in [2.24, 2.45) is 23.7 Å². The molecule has 402 valence electrons. The van der Waals surface area contributed by atoms with Crippen molar-refractivity contribution >= 4 is 35.9 Å². The Labute approximate surface area is 420 Å². The summed E-state index contributed by atoms with van der Waals surface area (Å²) in [7, 11) is 0. The number of amides is 1. The highest BCUT2D eigenvalue weighted by atomic mass is 16.6. The standard InChI is InChI=1S/C55H93NO14/c1-55(2,3)70-54(63)56(36-16-26-52(61)68-46(38-64-48(57)32-28-42-18-8-4-9-19-42)39-65-49(58)33-29-43-20-10-5-11-21-43)37-17-27-53(62)69-47(40-66-50(59)34-30-44-22-12-6-13-23-44)41-67-51(60)35-31-45-24-14-7-15-25-45/h42-48,57H,4-41H2,1-3H3. The molecule has 2 atom stereocenters. The molecule has 0 spiro atoms. The highest BCUT2D eigenvalue weighted by molar-refractivity contribution is 5.72. The minimum absolute atomic E-state index is 0.0713. The van der Waals surface area contributed by atoms with Crippen LogP contribution in [0.3, 0.4) is 0 Å². The van der Waals surface area contributed by atoms with Crippen LogP contribution < -0.4 is 0 Å². The fraction of sp³-hybridized carbons (Fsp3) is 0.891. The third-order valence-electron chi connectivity index (χ3n) is 14.6. The van der Waals surface area contributed by atoms with Gasteiger partial charge in [0.25, 0.3) is 0 Å². The van der Waals surface area contributed by atoms with Crippen molar-refractivity contribution in [3.05, 3.63) is 0 Å². The van der Waals surface area contributed by atoms with Crippen LogP contribution in [-0.4, -0.2) is 110 Å². The molecule has 0 radical (unpaired) electrons. The normalized spacial score (nSPS) is 18.6. The van der Waals surface area contributed by atoms with E-state index in [0.717, 1.165) is 77.0 Å². The van der Waals surface area contributed by atoms with E-state index in [2.05, 4.69) is 0 Å². The molecule has 0 aromatic heterocycles. The van der Waals surface area contributed by atoms with Crippen molar-refractivity contribution in [2.45, 2.75) is 250 Å². The molecule has 1 amide bonds. The van der Waals surface area contributed by atoms with Gasteiger partial charge >= 0.3 is 35.9 Å². The van der Waals surface area contributed by atoms with Gasteiger partial charge in [-0.3, -0.25) is 24.0 Å². The zero-order chi connectivity index (χ0) is 50.4. The summed E-state index contributed by atoms with van der Waals surface area (Å²) >= 11 is 0. The third kappa shape index (κ3) is 27.4. The van der Waals surface area contributed by atoms with Gasteiger partial charge in [-0.2, -0.15) is 0 Å². The lowest BCUT2D eigenvalue weighted by atomic mass is 9.86. The highest BCUT2D eigenvalue weighted by Crippen LogP contribution is 2.30. The van der Waals surface area contributed by atoms with Gasteiger partial charge in [-0.1, -0.05) is 128 Å². The lowest BCUT2D eigenvalue weighted by Gasteiger charge is -2.27. The first-order valence-corrected chi connectivity index (χ1v) is 27.8. The first kappa shape index (κ1) is 59.1. The van der Waals surface area contributed by atoms with Gasteiger partial charge in [0, 0.05) is 45.2 Å². The number of carbonyl (C=O) groups excluding carboxylic acids is 6. The zero-order valence-corrected chi connectivity index (χ0v) is 43.6. The summed E-state index contributed by atoms with van der Waals surface area (Å²) < 4.78 is 39.5. The predicted molar refractivity (Wildman–Crippen MR) is 264 cm³/mol. The number of esters is 5. The van der Waals surface area contributed by atoms with Crippen LogP contribution >= 0.6 is 0 Å². The maximum Gasteiger partial charge on any atom is 0.410 e. The van der Waals surface area contributed by atoms with Crippen LogP contribution in [0.1, 0.15) is 226 Å². The fourth-order valence-electron chi connectivity index (χ4n) is 10.5. The van der Waals surface area contributed by atoms with Gasteiger partial charge in [-0.05, 0) is 89.4 Å². The Morgan fingerprint density at radius 1 is 0.471 bits per heavy atom. The zero-order valence-electron chi connectivity index (χ0n) is 43.6. The number of hydrogen-bond acceptors (Lipinski definition) is 14. The number of hydrogen-bond donors (Lipinski definition) is 1. The Morgan fingerprint density at radius 3 is 1.17 bits per heavy atom. The van der Waals surface area contributed by atoms with E-state index < -0.39 is 42.1 Å². The largest absolute Gasteiger partial charge is 0.462 e. The van der Waals surface area contributed by atoms with E-state index in [1.54, 1.807) is 20.8 Å². The van der Waals surface area contributed by atoms with Gasteiger partial charge in [0.1, 0.15) is 25.4 Å². The molecular weight excluding hydrogens is 899 g/mol. The molecule has 4 fully saturated rings. The lowest BCUT2D eigenvalue weighted by Crippen LogP contribution is -2.38. The van der Waals surface area contributed by atoms with Crippen LogP contribution in [-0.2, 0) is 57.1 Å². The van der Waals surface area contributed by atoms with E-state index in [0.29, 0.717) is 36.5 Å². The molecule has 0 aromatic carbocycles. The first-order valence-electron chi connectivity index (χ1n) is 27.8. The van der Waals surface area contributed by atoms with Gasteiger partial charge in [0.2, 0.25) is 0 Å². The molecule has 4 aliphatic rings. The van der Waals surface area contributed by atoms with Gasteiger partial charge in [0.05, 0.1) is 6.61 Å². The van der Waals surface area contributed by atoms with Crippen LogP contribution in [0.4, 0.5) is 4.79 Å². The van der Waals surface area contributed by atoms with E-state index >= 15 is 0 Å². The van der Waals surface area contributed by atoms with Crippen molar-refractivity contribution < 1.29 is 67.0 Å². The second-order valence-electron chi connectivity index (χ2n) is 21.9. The van der Waals surface area contributed by atoms with E-state index in [4.69, 9.17) is 33.2 Å². The Kier molecular flexibility index (Phi) is 28.8. The maximum atomic E-state index is 13.4. The number of nitrogens with zero attached hydrogens (tertiary/aromatic N) is 1. The van der Waals surface area contributed by atoms with Crippen molar-refractivity contribution in [2.75, 3.05) is 39.5 Å². The number of rotatable bonds is 31. The quantitative estimate of drug-likeness (QED) is 0.0392. The SMILES string of the molecule is CC(C)(C)OC(=O)N(CCCC(=O)OC(COC(=O)CCC1CCCCC1)COC(=O)CCC1CCCCC1)CCCC(=O)OC(COC(=O)CCC1CCCCC1)COC(O)CCC1CCCCC1. The minimum atomic E-state index is -1.04. The number of ether oxygens (including phenoxy) is 7. The molecule has 0 aromatic rings. The highest BCUT2D eigenvalue weighted by Gasteiger charge is 2.27. The number of aliphatic hydroxyl groups is 1. The van der Waals surface area contributed by atoms with Crippen LogP contribution in [0.5, 0.6) is 0 Å². The molecule has 0 bridgehead atoms. The topological polar surface area (TPSA) is 190 Å². The van der Waals surface area contributed by atoms with Gasteiger partial charge < -0.3 is 43.2 Å². The average Bonchev–Trinajstić information content (AvgIpc) is 3.35. The Balaban J connectivity index is 1.26. The molecule has 4 aliphatic carbocycles. The van der Waals surface area contributed by atoms with Crippen LogP contribution in [0.25, 0.3) is 0 Å². The second-order valence-corrected chi connectivity index (χ2v) is 21.9. The summed E-state index contributed by atoms with van der Waals surface area (Å²) in [5.41, 5.74) is -0.801. The lowest BCUT2D eigenvalue weighted by molar-refractivity contribution is -0.173. The number of aliphatic hydroxyl groups excluding tert-OH is 1. The fourth-order valence-corrected chi connectivity index (χ4v) is 10.5. The summed E-state index contributed by atoms with van der Waals surface area (Å²) in [6, 6.07) is 0. The van der Waals surface area contributed by atoms with Crippen LogP contribution in [0.2, 0.25) is 0 Å². The van der Waals surface area contributed by atoms with Crippen LogP contribution in [0, 0.1) is 23.7 Å². The summed E-state index contributed by atoms with van der Waals surface area (Å²) in [6.07, 6.45) is 24.6. The van der Waals surface area contributed by atoms with Crippen LogP contribution in [0.15, 0.2) is 0 Å². The van der Waals surface area contributed by atoms with E-state index in [-0.39, 0.29) is 95.9 Å². The van der Waals surface area contributed by atoms with E-state index in [1.165, 1.54) is 81.9 Å². The van der Waals surface area contributed by atoms with Gasteiger partial charge in [-0.25, -0.2) is 4.79 Å². The van der Waals surface area contributed by atoms with E-state index in [9.17, 15) is 33.9 Å².